The molecule has 0 spiro atoms. The number of carbonyl (C=O) groups is 3. The number of hydrogen-bond donors (Lipinski definition) is 8. The maximum Gasteiger partial charge on any atom is 0.490 e. The molecule has 11 N–H and O–H groups in total. The van der Waals surface area contributed by atoms with Gasteiger partial charge < -0.3 is 55.7 Å². The Morgan fingerprint density at radius 2 is 1.78 bits per heavy atom. The summed E-state index contributed by atoms with van der Waals surface area (Å²) >= 11 is 0. The van der Waals surface area contributed by atoms with Crippen LogP contribution in [-0.2, 0) is 57.2 Å². The molecule has 3 unspecified atom stereocenters. The van der Waals surface area contributed by atoms with Crippen molar-refractivity contribution < 1.29 is 79.7 Å². The van der Waals surface area contributed by atoms with Crippen LogP contribution in [0.5, 0.6) is 5.75 Å². The number of ether oxygens (including phenoxy) is 4. The SMILES string of the molecule is N/C=C(/C#CCOC(=O)c1ccc(OC2CCC2)cc1CN)C(=O)NC(=O)C[C@H]1C[C@@H](OCN)C(COP(=O)(O)OP(=O)(O)OP(=O)(O)O)O1. The van der Waals surface area contributed by atoms with Crippen LogP contribution in [0, 0.1) is 11.8 Å². The summed E-state index contributed by atoms with van der Waals surface area (Å²) in [6.07, 6.45) is 0.426. The average molecular weight is 771 g/mol. The molecule has 1 heterocycles. The number of carbonyl (C=O) groups excluding carboxylic acids is 3. The first-order chi connectivity index (χ1) is 23.4. The van der Waals surface area contributed by atoms with Gasteiger partial charge in [-0.25, -0.2) is 18.5 Å². The van der Waals surface area contributed by atoms with Crippen LogP contribution in [0.25, 0.3) is 0 Å². The fourth-order valence-electron chi connectivity index (χ4n) is 4.48. The maximum absolute atomic E-state index is 12.6. The normalized spacial score (nSPS) is 21.9. The summed E-state index contributed by atoms with van der Waals surface area (Å²) in [6, 6.07) is 4.85. The molecule has 2 aliphatic rings. The lowest BCUT2D eigenvalue weighted by Crippen LogP contribution is -2.34. The summed E-state index contributed by atoms with van der Waals surface area (Å²) in [4.78, 5) is 74.0. The lowest BCUT2D eigenvalue weighted by Gasteiger charge is -2.26. The van der Waals surface area contributed by atoms with Gasteiger partial charge in [0.1, 0.15) is 17.4 Å². The van der Waals surface area contributed by atoms with Crippen molar-refractivity contribution in [2.75, 3.05) is 19.9 Å². The average Bonchev–Trinajstić information content (AvgIpc) is 3.36. The zero-order valence-electron chi connectivity index (χ0n) is 26.2. The molecule has 3 rings (SSSR count). The molecule has 1 aliphatic carbocycles. The predicted octanol–water partition coefficient (Wildman–Crippen LogP) is -0.0855. The van der Waals surface area contributed by atoms with Gasteiger partial charge in [0.05, 0.1) is 43.6 Å². The van der Waals surface area contributed by atoms with Gasteiger partial charge in [0.2, 0.25) is 5.91 Å². The highest BCUT2D eigenvalue weighted by Crippen LogP contribution is 2.66. The molecular formula is C26H37N4O17P3. The highest BCUT2D eigenvalue weighted by molar-refractivity contribution is 7.66. The Balaban J connectivity index is 1.48. The number of benzene rings is 1. The highest BCUT2D eigenvalue weighted by atomic mass is 31.3. The molecule has 1 saturated heterocycles. The third-order valence-electron chi connectivity index (χ3n) is 6.85. The van der Waals surface area contributed by atoms with Gasteiger partial charge in [-0.2, -0.15) is 8.62 Å². The second-order valence-corrected chi connectivity index (χ2v) is 14.9. The van der Waals surface area contributed by atoms with Gasteiger partial charge in [0.15, 0.2) is 6.61 Å². The van der Waals surface area contributed by atoms with Crippen molar-refractivity contribution in [3.63, 3.8) is 0 Å². The summed E-state index contributed by atoms with van der Waals surface area (Å²) in [6.45, 7) is -1.57. The van der Waals surface area contributed by atoms with Crippen LogP contribution in [0.4, 0.5) is 0 Å². The topological polar surface area (TPSA) is 338 Å². The van der Waals surface area contributed by atoms with Crippen molar-refractivity contribution in [3.8, 4) is 17.6 Å². The fourth-order valence-corrected chi connectivity index (χ4v) is 7.51. The molecular weight excluding hydrogens is 733 g/mol. The van der Waals surface area contributed by atoms with Crippen LogP contribution in [-0.4, -0.2) is 81.7 Å². The molecule has 5 atom stereocenters. The maximum atomic E-state index is 12.6. The van der Waals surface area contributed by atoms with Crippen molar-refractivity contribution >= 4 is 41.3 Å². The molecule has 1 aliphatic heterocycles. The number of phosphoric ester groups is 1. The Hall–Kier alpha value is -3.02. The minimum absolute atomic E-state index is 0.0316. The monoisotopic (exact) mass is 770 g/mol. The first kappa shape index (κ1) is 41.4. The molecule has 0 aromatic heterocycles. The van der Waals surface area contributed by atoms with E-state index in [0.717, 1.165) is 25.5 Å². The van der Waals surface area contributed by atoms with E-state index in [1.807, 2.05) is 0 Å². The summed E-state index contributed by atoms with van der Waals surface area (Å²) < 4.78 is 68.0. The highest BCUT2D eigenvalue weighted by Gasteiger charge is 2.43. The van der Waals surface area contributed by atoms with Gasteiger partial charge in [0.25, 0.3) is 5.91 Å². The van der Waals surface area contributed by atoms with E-state index < -0.39 is 79.2 Å². The number of phosphoric acid groups is 3. The molecule has 2 amide bonds. The van der Waals surface area contributed by atoms with Crippen molar-refractivity contribution in [2.24, 2.45) is 17.2 Å². The van der Waals surface area contributed by atoms with Crippen LogP contribution >= 0.6 is 23.5 Å². The second-order valence-electron chi connectivity index (χ2n) is 10.5. The zero-order valence-corrected chi connectivity index (χ0v) is 28.8. The number of esters is 1. The standard InChI is InChI=1S/C26H37N4O17P3/c27-12-16(3-2-8-41-26(33)21-7-6-19(9-17(21)13-28)44-18-4-1-5-18)25(32)30-24(31)11-20-10-22(42-15-29)23(45-20)14-43-49(37,38)47-50(39,40)46-48(34,35)36/h6-7,9,12,18,20,22-23H,1,4-5,8,10-11,13-15,27-29H2,(H,37,38)(H,39,40)(H,30,31,32)(H2,34,35,36)/b16-12-/t20-,22-,23?/m1/s1. The lowest BCUT2D eigenvalue weighted by molar-refractivity contribution is -0.130. The molecule has 50 heavy (non-hydrogen) atoms. The first-order valence-corrected chi connectivity index (χ1v) is 19.1. The molecule has 24 heteroatoms. The number of imide groups is 1. The van der Waals surface area contributed by atoms with Gasteiger partial charge in [-0.05, 0) is 43.0 Å². The van der Waals surface area contributed by atoms with Crippen LogP contribution in [0.2, 0.25) is 0 Å². The van der Waals surface area contributed by atoms with Gasteiger partial charge in [0, 0.05) is 19.2 Å². The third-order valence-corrected chi connectivity index (χ3v) is 10.7. The fraction of sp³-hybridized carbons (Fsp3) is 0.500. The smallest absolute Gasteiger partial charge is 0.490 e. The number of hydrogen-bond acceptors (Lipinski definition) is 16. The molecule has 2 fully saturated rings. The van der Waals surface area contributed by atoms with Crippen LogP contribution in [0.15, 0.2) is 30.0 Å². The van der Waals surface area contributed by atoms with E-state index in [0.29, 0.717) is 11.3 Å². The first-order valence-electron chi connectivity index (χ1n) is 14.6. The summed E-state index contributed by atoms with van der Waals surface area (Å²) in [7, 11) is -16.8. The predicted molar refractivity (Wildman–Crippen MR) is 168 cm³/mol. The van der Waals surface area contributed by atoms with E-state index in [2.05, 4.69) is 30.3 Å². The molecule has 1 saturated carbocycles. The van der Waals surface area contributed by atoms with Crippen molar-refractivity contribution in [1.29, 1.82) is 0 Å². The summed E-state index contributed by atoms with van der Waals surface area (Å²) in [5, 5.41) is 2.06. The molecule has 278 valence electrons. The Morgan fingerprint density at radius 3 is 2.38 bits per heavy atom. The Morgan fingerprint density at radius 1 is 1.06 bits per heavy atom. The van der Waals surface area contributed by atoms with Crippen molar-refractivity contribution in [2.45, 2.75) is 63.1 Å². The Labute approximate surface area is 285 Å². The van der Waals surface area contributed by atoms with Crippen LogP contribution < -0.4 is 27.3 Å². The summed E-state index contributed by atoms with van der Waals surface area (Å²) in [5.74, 6) is 2.91. The van der Waals surface area contributed by atoms with E-state index in [-0.39, 0.29) is 36.9 Å². The quantitative estimate of drug-likeness (QED) is 0.0337. The molecule has 0 bridgehead atoms. The van der Waals surface area contributed by atoms with Crippen LogP contribution in [0.3, 0.4) is 0 Å². The van der Waals surface area contributed by atoms with E-state index in [1.54, 1.807) is 12.1 Å². The van der Waals surface area contributed by atoms with Gasteiger partial charge in [-0.1, -0.05) is 11.8 Å². The lowest BCUT2D eigenvalue weighted by atomic mass is 9.96. The van der Waals surface area contributed by atoms with Gasteiger partial charge in [-0.3, -0.25) is 19.4 Å². The Kier molecular flexibility index (Phi) is 15.3. The minimum Gasteiger partial charge on any atom is -0.490 e. The van der Waals surface area contributed by atoms with E-state index in [1.165, 1.54) is 6.07 Å². The van der Waals surface area contributed by atoms with Crippen molar-refractivity contribution in [1.82, 2.24) is 5.32 Å². The number of rotatable bonds is 17. The minimum atomic E-state index is -5.75. The molecule has 1 aromatic rings. The molecule has 0 radical (unpaired) electrons. The molecule has 1 aromatic carbocycles. The van der Waals surface area contributed by atoms with E-state index in [4.69, 9.17) is 45.9 Å². The number of nitrogens with one attached hydrogen (secondary N) is 1. The second kappa shape index (κ2) is 18.5. The van der Waals surface area contributed by atoms with Crippen molar-refractivity contribution in [3.05, 3.63) is 41.1 Å². The molecule has 21 nitrogen and oxygen atoms in total. The Bertz CT molecular complexity index is 1640. The van der Waals surface area contributed by atoms with E-state index >= 15 is 0 Å². The zero-order chi connectivity index (χ0) is 37.1. The van der Waals surface area contributed by atoms with E-state index in [9.17, 15) is 37.9 Å². The third kappa shape index (κ3) is 13.6. The van der Waals surface area contributed by atoms with Gasteiger partial charge in [-0.15, -0.1) is 0 Å². The number of nitrogens with two attached hydrogens (primary N) is 3. The number of amides is 2. The largest absolute Gasteiger partial charge is 0.490 e. The summed E-state index contributed by atoms with van der Waals surface area (Å²) in [5.41, 5.74) is 17.1. The van der Waals surface area contributed by atoms with Gasteiger partial charge >= 0.3 is 29.4 Å². The van der Waals surface area contributed by atoms with Crippen LogP contribution in [0.1, 0.15) is 48.0 Å².